The lowest BCUT2D eigenvalue weighted by Crippen LogP contribution is -2.57. The van der Waals surface area contributed by atoms with E-state index in [2.05, 4.69) is 18.7 Å². The number of ether oxygens (including phenoxy) is 2. The Morgan fingerprint density at radius 1 is 1.17 bits per heavy atom. The first-order valence-electron chi connectivity index (χ1n) is 7.00. The smallest absolute Gasteiger partial charge is 0.0589 e. The summed E-state index contributed by atoms with van der Waals surface area (Å²) in [6.45, 7) is 7.96. The van der Waals surface area contributed by atoms with Crippen LogP contribution in [0.1, 0.15) is 33.1 Å². The van der Waals surface area contributed by atoms with E-state index in [0.717, 1.165) is 26.3 Å². The largest absolute Gasteiger partial charge is 0.383 e. The fraction of sp³-hybridized carbons (Fsp3) is 1.00. The SMILES string of the molecule is COCCN(CCOC)C1CCCC(C)(C)C1N. The molecule has 4 heteroatoms. The molecule has 0 bridgehead atoms. The van der Waals surface area contributed by atoms with Crippen LogP contribution in [0.5, 0.6) is 0 Å². The number of hydrogen-bond acceptors (Lipinski definition) is 4. The molecule has 1 aliphatic rings. The van der Waals surface area contributed by atoms with E-state index in [4.69, 9.17) is 15.2 Å². The van der Waals surface area contributed by atoms with Gasteiger partial charge in [-0.1, -0.05) is 20.3 Å². The predicted octanol–water partition coefficient (Wildman–Crippen LogP) is 1.49. The van der Waals surface area contributed by atoms with Gasteiger partial charge in [-0.25, -0.2) is 0 Å². The Morgan fingerprint density at radius 2 is 1.72 bits per heavy atom. The molecule has 1 fully saturated rings. The van der Waals surface area contributed by atoms with Crippen molar-refractivity contribution in [2.24, 2.45) is 11.1 Å². The molecule has 4 nitrogen and oxygen atoms in total. The van der Waals surface area contributed by atoms with Crippen molar-refractivity contribution in [3.8, 4) is 0 Å². The summed E-state index contributed by atoms with van der Waals surface area (Å²) < 4.78 is 10.4. The summed E-state index contributed by atoms with van der Waals surface area (Å²) in [6, 6.07) is 0.694. The van der Waals surface area contributed by atoms with Crippen LogP contribution < -0.4 is 5.73 Å². The van der Waals surface area contributed by atoms with Crippen molar-refractivity contribution in [1.82, 2.24) is 4.90 Å². The van der Waals surface area contributed by atoms with E-state index in [0.29, 0.717) is 6.04 Å². The van der Waals surface area contributed by atoms with Crippen molar-refractivity contribution in [3.05, 3.63) is 0 Å². The minimum atomic E-state index is 0.236. The van der Waals surface area contributed by atoms with Crippen molar-refractivity contribution in [2.75, 3.05) is 40.5 Å². The van der Waals surface area contributed by atoms with Gasteiger partial charge in [-0.2, -0.15) is 0 Å². The van der Waals surface area contributed by atoms with Gasteiger partial charge in [0.25, 0.3) is 0 Å². The first-order chi connectivity index (χ1) is 8.53. The number of nitrogens with two attached hydrogens (primary N) is 1. The molecule has 0 aromatic rings. The highest BCUT2D eigenvalue weighted by molar-refractivity contribution is 4.96. The molecule has 0 saturated heterocycles. The zero-order chi connectivity index (χ0) is 13.6. The van der Waals surface area contributed by atoms with Crippen molar-refractivity contribution >= 4 is 0 Å². The minimum Gasteiger partial charge on any atom is -0.383 e. The van der Waals surface area contributed by atoms with Crippen LogP contribution in [0.2, 0.25) is 0 Å². The molecule has 108 valence electrons. The monoisotopic (exact) mass is 258 g/mol. The lowest BCUT2D eigenvalue weighted by Gasteiger charge is -2.46. The number of nitrogens with zero attached hydrogens (tertiary/aromatic N) is 1. The molecule has 2 unspecified atom stereocenters. The van der Waals surface area contributed by atoms with Gasteiger partial charge in [0, 0.05) is 39.4 Å². The minimum absolute atomic E-state index is 0.236. The Hall–Kier alpha value is -0.160. The third-order valence-corrected chi connectivity index (χ3v) is 4.27. The van der Waals surface area contributed by atoms with Crippen molar-refractivity contribution in [3.63, 3.8) is 0 Å². The summed E-state index contributed by atoms with van der Waals surface area (Å²) in [6.07, 6.45) is 3.69. The van der Waals surface area contributed by atoms with Gasteiger partial charge in [0.1, 0.15) is 0 Å². The Morgan fingerprint density at radius 3 is 2.22 bits per heavy atom. The maximum atomic E-state index is 6.48. The third-order valence-electron chi connectivity index (χ3n) is 4.27. The normalized spacial score (nSPS) is 27.7. The van der Waals surface area contributed by atoms with Gasteiger partial charge in [0.2, 0.25) is 0 Å². The van der Waals surface area contributed by atoms with Crippen LogP contribution in [-0.2, 0) is 9.47 Å². The second-order valence-electron chi connectivity index (χ2n) is 6.00. The molecule has 0 aromatic heterocycles. The molecule has 1 saturated carbocycles. The molecule has 18 heavy (non-hydrogen) atoms. The Labute approximate surface area is 112 Å². The van der Waals surface area contributed by atoms with Crippen molar-refractivity contribution in [2.45, 2.75) is 45.2 Å². The average molecular weight is 258 g/mol. The molecule has 2 N–H and O–H groups in total. The van der Waals surface area contributed by atoms with E-state index < -0.39 is 0 Å². The third kappa shape index (κ3) is 4.19. The Balaban J connectivity index is 2.63. The Kier molecular flexibility index (Phi) is 6.57. The van der Waals surface area contributed by atoms with Crippen LogP contribution in [0.3, 0.4) is 0 Å². The van der Waals surface area contributed by atoms with Gasteiger partial charge in [-0.15, -0.1) is 0 Å². The summed E-state index contributed by atoms with van der Waals surface area (Å²) in [5.41, 5.74) is 6.72. The second kappa shape index (κ2) is 7.43. The summed E-state index contributed by atoms with van der Waals surface area (Å²) >= 11 is 0. The fourth-order valence-corrected chi connectivity index (χ4v) is 2.90. The molecule has 0 aromatic carbocycles. The summed E-state index contributed by atoms with van der Waals surface area (Å²) in [7, 11) is 3.50. The number of methoxy groups -OCH3 is 2. The predicted molar refractivity (Wildman–Crippen MR) is 74.7 cm³/mol. The molecule has 1 rings (SSSR count). The van der Waals surface area contributed by atoms with Gasteiger partial charge in [-0.3, -0.25) is 4.90 Å². The topological polar surface area (TPSA) is 47.7 Å². The average Bonchev–Trinajstić information content (AvgIpc) is 2.34. The summed E-state index contributed by atoms with van der Waals surface area (Å²) in [5, 5.41) is 0. The molecule has 0 radical (unpaired) electrons. The summed E-state index contributed by atoms with van der Waals surface area (Å²) in [4.78, 5) is 2.44. The van der Waals surface area contributed by atoms with Crippen LogP contribution in [0, 0.1) is 5.41 Å². The van der Waals surface area contributed by atoms with Crippen molar-refractivity contribution < 1.29 is 9.47 Å². The quantitative estimate of drug-likeness (QED) is 0.751. The van der Waals surface area contributed by atoms with Crippen LogP contribution in [0.15, 0.2) is 0 Å². The van der Waals surface area contributed by atoms with E-state index in [9.17, 15) is 0 Å². The summed E-state index contributed by atoms with van der Waals surface area (Å²) in [5.74, 6) is 0. The molecule has 1 aliphatic carbocycles. The van der Waals surface area contributed by atoms with Gasteiger partial charge in [0.05, 0.1) is 13.2 Å². The van der Waals surface area contributed by atoms with Crippen LogP contribution in [-0.4, -0.2) is 57.5 Å². The van der Waals surface area contributed by atoms with E-state index >= 15 is 0 Å². The standard InChI is InChI=1S/C14H30N2O2/c1-14(2)7-5-6-12(13(14)15)16(8-10-17-3)9-11-18-4/h12-13H,5-11,15H2,1-4H3. The van der Waals surface area contributed by atoms with E-state index in [1.807, 2.05) is 0 Å². The highest BCUT2D eigenvalue weighted by Crippen LogP contribution is 2.36. The molecule has 0 spiro atoms. The van der Waals surface area contributed by atoms with Gasteiger partial charge in [0.15, 0.2) is 0 Å². The van der Waals surface area contributed by atoms with Crippen LogP contribution in [0.25, 0.3) is 0 Å². The molecule has 2 atom stereocenters. The lowest BCUT2D eigenvalue weighted by molar-refractivity contribution is 0.0326. The number of rotatable bonds is 7. The highest BCUT2D eigenvalue weighted by atomic mass is 16.5. The first kappa shape index (κ1) is 15.9. The maximum Gasteiger partial charge on any atom is 0.0589 e. The van der Waals surface area contributed by atoms with Gasteiger partial charge >= 0.3 is 0 Å². The second-order valence-corrected chi connectivity index (χ2v) is 6.00. The van der Waals surface area contributed by atoms with Crippen molar-refractivity contribution in [1.29, 1.82) is 0 Å². The highest BCUT2D eigenvalue weighted by Gasteiger charge is 2.38. The van der Waals surface area contributed by atoms with E-state index in [1.165, 1.54) is 19.3 Å². The van der Waals surface area contributed by atoms with Gasteiger partial charge < -0.3 is 15.2 Å². The molecule has 0 heterocycles. The number of hydrogen-bond donors (Lipinski definition) is 1. The van der Waals surface area contributed by atoms with Gasteiger partial charge in [-0.05, 0) is 18.3 Å². The Bertz CT molecular complexity index is 226. The zero-order valence-electron chi connectivity index (χ0n) is 12.4. The van der Waals surface area contributed by atoms with Crippen LogP contribution >= 0.6 is 0 Å². The molecule has 0 aliphatic heterocycles. The first-order valence-corrected chi connectivity index (χ1v) is 7.00. The zero-order valence-corrected chi connectivity index (χ0v) is 12.4. The maximum absolute atomic E-state index is 6.48. The van der Waals surface area contributed by atoms with E-state index in [1.54, 1.807) is 14.2 Å². The lowest BCUT2D eigenvalue weighted by atomic mass is 9.71. The fourth-order valence-electron chi connectivity index (χ4n) is 2.90. The molecule has 0 amide bonds. The van der Waals surface area contributed by atoms with E-state index in [-0.39, 0.29) is 11.5 Å². The molecular weight excluding hydrogens is 228 g/mol. The molecular formula is C14H30N2O2. The van der Waals surface area contributed by atoms with Crippen LogP contribution in [0.4, 0.5) is 0 Å².